The molecule has 0 saturated carbocycles. The van der Waals surface area contributed by atoms with E-state index in [0.717, 1.165) is 5.56 Å². The number of anilines is 1. The van der Waals surface area contributed by atoms with Gasteiger partial charge in [-0.3, -0.25) is 14.5 Å². The monoisotopic (exact) mass is 269 g/mol. The molecule has 6 heteroatoms. The molecule has 0 bridgehead atoms. The van der Waals surface area contributed by atoms with Gasteiger partial charge in [-0.2, -0.15) is 0 Å². The molecule has 1 aliphatic rings. The van der Waals surface area contributed by atoms with Gasteiger partial charge in [-0.05, 0) is 31.0 Å². The number of fused-ring (bicyclic) bond motifs is 1. The number of aryl methyl sites for hydroxylation is 1. The highest BCUT2D eigenvalue weighted by Gasteiger charge is 2.30. The normalized spacial score (nSPS) is 14.2. The van der Waals surface area contributed by atoms with Crippen molar-refractivity contribution in [2.75, 3.05) is 18.1 Å². The van der Waals surface area contributed by atoms with Gasteiger partial charge in [0.05, 0.1) is 5.69 Å². The number of amides is 1. The summed E-state index contributed by atoms with van der Waals surface area (Å²) in [4.78, 5) is 23.8. The van der Waals surface area contributed by atoms with E-state index in [-0.39, 0.29) is 12.5 Å². The minimum absolute atomic E-state index is 0.152. The van der Waals surface area contributed by atoms with Gasteiger partial charge in [-0.25, -0.2) is 0 Å². The Labute approximate surface area is 109 Å². The summed E-state index contributed by atoms with van der Waals surface area (Å²) < 4.78 is 5.32. The molecule has 1 aliphatic heterocycles. The number of carbonyl (C=O) groups is 2. The molecule has 5 nitrogen and oxygen atoms in total. The molecular formula is C12H12ClNO4. The summed E-state index contributed by atoms with van der Waals surface area (Å²) >= 11 is 6.12. The molecule has 1 aromatic rings. The van der Waals surface area contributed by atoms with E-state index in [1.807, 2.05) is 6.92 Å². The number of hydrogen-bond donors (Lipinski definition) is 1. The average Bonchev–Trinajstić information content (AvgIpc) is 2.29. The van der Waals surface area contributed by atoms with Crippen LogP contribution in [-0.4, -0.2) is 30.1 Å². The number of carboxylic acids is 1. The number of ether oxygens (including phenoxy) is 1. The lowest BCUT2D eigenvalue weighted by molar-refractivity contribution is -0.137. The average molecular weight is 270 g/mol. The van der Waals surface area contributed by atoms with Crippen molar-refractivity contribution in [3.05, 3.63) is 22.2 Å². The van der Waals surface area contributed by atoms with Gasteiger partial charge < -0.3 is 9.84 Å². The highest BCUT2D eigenvalue weighted by atomic mass is 35.5. The summed E-state index contributed by atoms with van der Waals surface area (Å²) in [5.74, 6) is -0.963. The van der Waals surface area contributed by atoms with Crippen LogP contribution >= 0.6 is 11.6 Å². The quantitative estimate of drug-likeness (QED) is 0.888. The molecule has 0 aliphatic carbocycles. The summed E-state index contributed by atoms with van der Waals surface area (Å²) in [6, 6.07) is 1.71. The van der Waals surface area contributed by atoms with E-state index >= 15 is 0 Å². The summed E-state index contributed by atoms with van der Waals surface area (Å²) in [7, 11) is 0. The Balaban J connectivity index is 2.58. The fourth-order valence-corrected chi connectivity index (χ4v) is 2.15. The van der Waals surface area contributed by atoms with Crippen molar-refractivity contribution >= 4 is 29.2 Å². The van der Waals surface area contributed by atoms with Crippen LogP contribution in [0.3, 0.4) is 0 Å². The Hall–Kier alpha value is -1.75. The van der Waals surface area contributed by atoms with E-state index in [4.69, 9.17) is 21.4 Å². The van der Waals surface area contributed by atoms with Crippen molar-refractivity contribution in [3.8, 4) is 5.75 Å². The standard InChI is InChI=1S/C12H12ClNO4/c1-6-3-8-12(7(2)11(6)13)14(4-10(16)17)9(15)5-18-8/h3H,4-5H2,1-2H3,(H,16,17). The highest BCUT2D eigenvalue weighted by molar-refractivity contribution is 6.32. The Kier molecular flexibility index (Phi) is 3.17. The number of benzene rings is 1. The molecule has 1 aromatic carbocycles. The zero-order valence-corrected chi connectivity index (χ0v) is 10.7. The van der Waals surface area contributed by atoms with Gasteiger partial charge in [-0.15, -0.1) is 0 Å². The predicted octanol–water partition coefficient (Wildman–Crippen LogP) is 1.77. The summed E-state index contributed by atoms with van der Waals surface area (Å²) in [5, 5.41) is 9.37. The van der Waals surface area contributed by atoms with E-state index < -0.39 is 12.5 Å². The zero-order chi connectivity index (χ0) is 13.4. The molecule has 1 amide bonds. The number of carboxylic acid groups (broad SMARTS) is 1. The van der Waals surface area contributed by atoms with Crippen molar-refractivity contribution in [3.63, 3.8) is 0 Å². The van der Waals surface area contributed by atoms with Crippen LogP contribution in [0.5, 0.6) is 5.75 Å². The number of aliphatic carboxylic acids is 1. The van der Waals surface area contributed by atoms with Crippen LogP contribution in [0.2, 0.25) is 5.02 Å². The number of nitrogens with zero attached hydrogens (tertiary/aromatic N) is 1. The first-order chi connectivity index (χ1) is 8.41. The van der Waals surface area contributed by atoms with Gasteiger partial charge in [0, 0.05) is 5.02 Å². The Morgan fingerprint density at radius 1 is 1.56 bits per heavy atom. The largest absolute Gasteiger partial charge is 0.482 e. The minimum atomic E-state index is -1.08. The first-order valence-electron chi connectivity index (χ1n) is 5.36. The maximum Gasteiger partial charge on any atom is 0.323 e. The fourth-order valence-electron chi connectivity index (χ4n) is 2.00. The van der Waals surface area contributed by atoms with Gasteiger partial charge in [-0.1, -0.05) is 11.6 Å². The molecule has 18 heavy (non-hydrogen) atoms. The van der Waals surface area contributed by atoms with E-state index in [1.165, 1.54) is 4.90 Å². The van der Waals surface area contributed by atoms with Crippen LogP contribution in [0.4, 0.5) is 5.69 Å². The van der Waals surface area contributed by atoms with Crippen LogP contribution in [0, 0.1) is 13.8 Å². The first-order valence-corrected chi connectivity index (χ1v) is 5.74. The van der Waals surface area contributed by atoms with Crippen LogP contribution in [-0.2, 0) is 9.59 Å². The number of hydrogen-bond acceptors (Lipinski definition) is 3. The molecule has 2 rings (SSSR count). The van der Waals surface area contributed by atoms with E-state index in [0.29, 0.717) is 22.0 Å². The lowest BCUT2D eigenvalue weighted by atomic mass is 10.1. The van der Waals surface area contributed by atoms with Crippen LogP contribution in [0.25, 0.3) is 0 Å². The molecule has 0 spiro atoms. The third-order valence-corrected chi connectivity index (χ3v) is 3.41. The third kappa shape index (κ3) is 2.01. The molecule has 0 atom stereocenters. The Morgan fingerprint density at radius 2 is 2.22 bits per heavy atom. The lowest BCUT2D eigenvalue weighted by Gasteiger charge is -2.30. The molecule has 0 saturated heterocycles. The molecule has 96 valence electrons. The molecule has 0 aromatic heterocycles. The maximum absolute atomic E-state index is 11.7. The topological polar surface area (TPSA) is 66.8 Å². The number of rotatable bonds is 2. The van der Waals surface area contributed by atoms with Crippen molar-refractivity contribution < 1.29 is 19.4 Å². The fraction of sp³-hybridized carbons (Fsp3) is 0.333. The van der Waals surface area contributed by atoms with Gasteiger partial charge in [0.15, 0.2) is 6.61 Å². The predicted molar refractivity (Wildman–Crippen MR) is 66.4 cm³/mol. The first kappa shape index (κ1) is 12.7. The van der Waals surface area contributed by atoms with Crippen LogP contribution < -0.4 is 9.64 Å². The number of carbonyl (C=O) groups excluding carboxylic acids is 1. The summed E-state index contributed by atoms with van der Waals surface area (Å²) in [6.45, 7) is 3.03. The molecule has 0 radical (unpaired) electrons. The Bertz CT molecular complexity index is 541. The zero-order valence-electron chi connectivity index (χ0n) is 9.99. The smallest absolute Gasteiger partial charge is 0.323 e. The van der Waals surface area contributed by atoms with E-state index in [9.17, 15) is 9.59 Å². The van der Waals surface area contributed by atoms with Crippen LogP contribution in [0.15, 0.2) is 6.07 Å². The van der Waals surface area contributed by atoms with E-state index in [2.05, 4.69) is 0 Å². The second-order valence-electron chi connectivity index (χ2n) is 4.14. The maximum atomic E-state index is 11.7. The summed E-state index contributed by atoms with van der Waals surface area (Å²) in [6.07, 6.45) is 0. The third-order valence-electron chi connectivity index (χ3n) is 2.83. The molecular weight excluding hydrogens is 258 g/mol. The van der Waals surface area contributed by atoms with Crippen molar-refractivity contribution in [2.45, 2.75) is 13.8 Å². The van der Waals surface area contributed by atoms with Crippen LogP contribution in [0.1, 0.15) is 11.1 Å². The lowest BCUT2D eigenvalue weighted by Crippen LogP contribution is -2.42. The van der Waals surface area contributed by atoms with Crippen molar-refractivity contribution in [1.82, 2.24) is 0 Å². The number of halogens is 1. The SMILES string of the molecule is Cc1cc2c(c(C)c1Cl)N(CC(=O)O)C(=O)CO2. The van der Waals surface area contributed by atoms with Crippen molar-refractivity contribution in [2.24, 2.45) is 0 Å². The van der Waals surface area contributed by atoms with E-state index in [1.54, 1.807) is 13.0 Å². The summed E-state index contributed by atoms with van der Waals surface area (Å²) in [5.41, 5.74) is 1.93. The molecule has 0 fully saturated rings. The second kappa shape index (κ2) is 4.49. The molecule has 1 N–H and O–H groups in total. The molecule has 0 unspecified atom stereocenters. The minimum Gasteiger partial charge on any atom is -0.482 e. The van der Waals surface area contributed by atoms with Crippen molar-refractivity contribution in [1.29, 1.82) is 0 Å². The highest BCUT2D eigenvalue weighted by Crippen LogP contribution is 2.40. The van der Waals surface area contributed by atoms with Gasteiger partial charge in [0.25, 0.3) is 5.91 Å². The van der Waals surface area contributed by atoms with Gasteiger partial charge in [0.1, 0.15) is 12.3 Å². The van der Waals surface area contributed by atoms with Gasteiger partial charge in [0.2, 0.25) is 0 Å². The molecule has 1 heterocycles. The second-order valence-corrected chi connectivity index (χ2v) is 4.52. The van der Waals surface area contributed by atoms with Gasteiger partial charge >= 0.3 is 5.97 Å². The Morgan fingerprint density at radius 3 is 2.83 bits per heavy atom.